The molecule has 0 bridgehead atoms. The van der Waals surface area contributed by atoms with Gasteiger partial charge >= 0.3 is 0 Å². The third-order valence-electron chi connectivity index (χ3n) is 3.21. The monoisotopic (exact) mass is 304 g/mol. The van der Waals surface area contributed by atoms with Crippen LogP contribution in [0.1, 0.15) is 36.9 Å². The first-order chi connectivity index (χ1) is 8.70. The Hall–Kier alpha value is -0.430. The molecule has 1 aromatic heterocycles. The number of thiophene rings is 1. The normalized spacial score (nSPS) is 14.3. The Morgan fingerprint density at radius 2 is 1.95 bits per heavy atom. The molecule has 1 unspecified atom stereocenters. The van der Waals surface area contributed by atoms with Gasteiger partial charge in [0.25, 0.3) is 0 Å². The zero-order chi connectivity index (χ0) is 14.8. The summed E-state index contributed by atoms with van der Waals surface area (Å²) >= 11 is 1.45. The lowest BCUT2D eigenvalue weighted by Crippen LogP contribution is -2.36. The van der Waals surface area contributed by atoms with Crippen LogP contribution in [0, 0.1) is 12.8 Å². The topological polar surface area (TPSA) is 63.4 Å². The largest absolute Gasteiger partial charge is 0.326 e. The van der Waals surface area contributed by atoms with E-state index >= 15 is 0 Å². The van der Waals surface area contributed by atoms with Gasteiger partial charge in [-0.1, -0.05) is 13.8 Å². The van der Waals surface area contributed by atoms with Crippen LogP contribution in [0.25, 0.3) is 0 Å². The van der Waals surface area contributed by atoms with Crippen molar-refractivity contribution in [3.8, 4) is 0 Å². The summed E-state index contributed by atoms with van der Waals surface area (Å²) in [5.74, 6) is 0.468. The highest BCUT2D eigenvalue weighted by Gasteiger charge is 2.28. The summed E-state index contributed by atoms with van der Waals surface area (Å²) in [6.45, 7) is 8.35. The van der Waals surface area contributed by atoms with Crippen molar-refractivity contribution in [3.63, 3.8) is 0 Å². The Labute approximate surface area is 120 Å². The molecule has 19 heavy (non-hydrogen) atoms. The van der Waals surface area contributed by atoms with E-state index in [1.54, 1.807) is 13.1 Å². The zero-order valence-electron chi connectivity index (χ0n) is 12.3. The molecule has 0 radical (unpaired) electrons. The van der Waals surface area contributed by atoms with E-state index in [1.165, 1.54) is 15.6 Å². The van der Waals surface area contributed by atoms with Gasteiger partial charge in [-0.2, -0.15) is 4.31 Å². The third-order valence-corrected chi connectivity index (χ3v) is 6.51. The highest BCUT2D eigenvalue weighted by Crippen LogP contribution is 2.29. The Morgan fingerprint density at radius 1 is 1.37 bits per heavy atom. The molecule has 0 spiro atoms. The minimum atomic E-state index is -3.42. The van der Waals surface area contributed by atoms with Crippen molar-refractivity contribution in [1.29, 1.82) is 0 Å². The first kappa shape index (κ1) is 16.6. The average Bonchev–Trinajstić information content (AvgIpc) is 2.69. The minimum absolute atomic E-state index is 0.00868. The zero-order valence-corrected chi connectivity index (χ0v) is 13.9. The van der Waals surface area contributed by atoms with Crippen molar-refractivity contribution in [1.82, 2.24) is 4.31 Å². The Bertz CT molecular complexity index is 521. The molecule has 0 aromatic carbocycles. The van der Waals surface area contributed by atoms with Gasteiger partial charge in [0.1, 0.15) is 0 Å². The van der Waals surface area contributed by atoms with Gasteiger partial charge < -0.3 is 5.73 Å². The van der Waals surface area contributed by atoms with Crippen LogP contribution in [-0.4, -0.2) is 25.8 Å². The molecule has 4 nitrogen and oxygen atoms in total. The van der Waals surface area contributed by atoms with Gasteiger partial charge in [0.2, 0.25) is 10.0 Å². The molecule has 2 N–H and O–H groups in total. The van der Waals surface area contributed by atoms with Crippen LogP contribution in [0.4, 0.5) is 0 Å². The van der Waals surface area contributed by atoms with Crippen LogP contribution in [0.2, 0.25) is 0 Å². The number of nitrogens with two attached hydrogens (primary N) is 1. The van der Waals surface area contributed by atoms with E-state index in [0.29, 0.717) is 17.4 Å². The lowest BCUT2D eigenvalue weighted by molar-refractivity contribution is 0.338. The molecule has 0 aliphatic carbocycles. The average molecular weight is 304 g/mol. The van der Waals surface area contributed by atoms with Crippen LogP contribution in [0.5, 0.6) is 0 Å². The third kappa shape index (κ3) is 3.78. The molecule has 0 aliphatic heterocycles. The van der Waals surface area contributed by atoms with Crippen LogP contribution >= 0.6 is 11.3 Å². The first-order valence-corrected chi connectivity index (χ1v) is 8.73. The highest BCUT2D eigenvalue weighted by atomic mass is 32.2. The molecule has 0 fully saturated rings. The fraction of sp³-hybridized carbons (Fsp3) is 0.692. The van der Waals surface area contributed by atoms with Gasteiger partial charge in [-0.15, -0.1) is 11.3 Å². The molecule has 1 heterocycles. The van der Waals surface area contributed by atoms with Crippen molar-refractivity contribution in [2.24, 2.45) is 11.7 Å². The van der Waals surface area contributed by atoms with Gasteiger partial charge in [-0.05, 0) is 32.3 Å². The molecule has 0 aliphatic rings. The summed E-state index contributed by atoms with van der Waals surface area (Å²) in [5, 5.41) is 0. The molecule has 1 atom stereocenters. The standard InChI is InChI=1S/C13H24N2O2S2/c1-9(2)6-10(3)15(5)19(16,17)13-7-12(8-14)18-11(13)4/h7,9-10H,6,8,14H2,1-5H3. The van der Waals surface area contributed by atoms with Crippen LogP contribution in [-0.2, 0) is 16.6 Å². The predicted molar refractivity (Wildman–Crippen MR) is 80.8 cm³/mol. The Kier molecular flexibility index (Phi) is 5.55. The molecule has 0 amide bonds. The number of rotatable bonds is 6. The van der Waals surface area contributed by atoms with Gasteiger partial charge in [-0.3, -0.25) is 0 Å². The Balaban J connectivity index is 3.05. The maximum atomic E-state index is 12.6. The molecule has 0 saturated carbocycles. The van der Waals surface area contributed by atoms with Crippen LogP contribution in [0.15, 0.2) is 11.0 Å². The van der Waals surface area contributed by atoms with Crippen molar-refractivity contribution >= 4 is 21.4 Å². The maximum absolute atomic E-state index is 12.6. The molecule has 1 rings (SSSR count). The van der Waals surface area contributed by atoms with E-state index in [-0.39, 0.29) is 6.04 Å². The fourth-order valence-corrected chi connectivity index (χ4v) is 4.96. The van der Waals surface area contributed by atoms with E-state index in [9.17, 15) is 8.42 Å². The molecular formula is C13H24N2O2S2. The summed E-state index contributed by atoms with van der Waals surface area (Å²) in [6.07, 6.45) is 0.850. The summed E-state index contributed by atoms with van der Waals surface area (Å²) in [7, 11) is -1.76. The number of hydrogen-bond acceptors (Lipinski definition) is 4. The lowest BCUT2D eigenvalue weighted by Gasteiger charge is -2.25. The molecule has 1 aromatic rings. The van der Waals surface area contributed by atoms with E-state index in [1.807, 2.05) is 13.8 Å². The van der Waals surface area contributed by atoms with E-state index in [0.717, 1.165) is 16.2 Å². The molecule has 0 saturated heterocycles. The first-order valence-electron chi connectivity index (χ1n) is 6.47. The van der Waals surface area contributed by atoms with Gasteiger partial charge in [0.15, 0.2) is 0 Å². The van der Waals surface area contributed by atoms with Crippen LogP contribution < -0.4 is 5.73 Å². The number of sulfonamides is 1. The van der Waals surface area contributed by atoms with E-state index in [4.69, 9.17) is 5.73 Å². The van der Waals surface area contributed by atoms with Crippen molar-refractivity contribution in [3.05, 3.63) is 15.8 Å². The summed E-state index contributed by atoms with van der Waals surface area (Å²) in [5.41, 5.74) is 5.58. The smallest absolute Gasteiger partial charge is 0.244 e. The maximum Gasteiger partial charge on any atom is 0.244 e. The quantitative estimate of drug-likeness (QED) is 0.878. The van der Waals surface area contributed by atoms with Crippen molar-refractivity contribution in [2.75, 3.05) is 7.05 Å². The van der Waals surface area contributed by atoms with Crippen molar-refractivity contribution in [2.45, 2.75) is 51.6 Å². The lowest BCUT2D eigenvalue weighted by atomic mass is 10.1. The minimum Gasteiger partial charge on any atom is -0.326 e. The molecule has 110 valence electrons. The number of nitrogens with zero attached hydrogens (tertiary/aromatic N) is 1. The van der Waals surface area contributed by atoms with Gasteiger partial charge in [0, 0.05) is 29.4 Å². The Morgan fingerprint density at radius 3 is 2.37 bits per heavy atom. The second kappa shape index (κ2) is 6.35. The second-order valence-corrected chi connectivity index (χ2v) is 8.64. The van der Waals surface area contributed by atoms with Crippen molar-refractivity contribution < 1.29 is 8.42 Å². The van der Waals surface area contributed by atoms with Gasteiger partial charge in [0.05, 0.1) is 4.90 Å². The predicted octanol–water partition coefficient (Wildman–Crippen LogP) is 2.57. The summed E-state index contributed by atoms with van der Waals surface area (Å²) in [4.78, 5) is 2.11. The van der Waals surface area contributed by atoms with E-state index in [2.05, 4.69) is 13.8 Å². The molecular weight excluding hydrogens is 280 g/mol. The van der Waals surface area contributed by atoms with Gasteiger partial charge in [-0.25, -0.2) is 8.42 Å². The number of hydrogen-bond donors (Lipinski definition) is 1. The number of aryl methyl sites for hydroxylation is 1. The molecule has 6 heteroatoms. The SMILES string of the molecule is Cc1sc(CN)cc1S(=O)(=O)N(C)C(C)CC(C)C. The second-order valence-electron chi connectivity index (χ2n) is 5.34. The summed E-state index contributed by atoms with van der Waals surface area (Å²) < 4.78 is 26.7. The van der Waals surface area contributed by atoms with Crippen LogP contribution in [0.3, 0.4) is 0 Å². The fourth-order valence-electron chi connectivity index (χ4n) is 2.10. The van der Waals surface area contributed by atoms with E-state index < -0.39 is 10.0 Å². The summed E-state index contributed by atoms with van der Waals surface area (Å²) in [6, 6.07) is 1.69. The highest BCUT2D eigenvalue weighted by molar-refractivity contribution is 7.89.